The van der Waals surface area contributed by atoms with Crippen molar-refractivity contribution in [3.05, 3.63) is 50.7 Å². The predicted molar refractivity (Wildman–Crippen MR) is 83.4 cm³/mol. The Morgan fingerprint density at radius 1 is 1.40 bits per heavy atom. The lowest BCUT2D eigenvalue weighted by atomic mass is 10.1. The number of aryl methyl sites for hydroxylation is 1. The number of fused-ring (bicyclic) bond motifs is 1. The molecule has 1 aromatic heterocycles. The van der Waals surface area contributed by atoms with Crippen molar-refractivity contribution in [1.29, 1.82) is 0 Å². The van der Waals surface area contributed by atoms with E-state index in [1.165, 1.54) is 10.4 Å². The summed E-state index contributed by atoms with van der Waals surface area (Å²) in [6, 6.07) is 10.2. The summed E-state index contributed by atoms with van der Waals surface area (Å²) in [7, 11) is 0. The monoisotopic (exact) mass is 306 g/mol. The standard InChI is InChI=1S/C15H15ClN2OS/c16-14-8-11-12(5-6-13(11)20-14)18-10-3-1-9(2-4-10)7-15(17)19/h1-4,8,12,18H,5-7H2,(H2,17,19). The van der Waals surface area contributed by atoms with Crippen molar-refractivity contribution >= 4 is 34.5 Å². The maximum Gasteiger partial charge on any atom is 0.221 e. The van der Waals surface area contributed by atoms with Crippen molar-refractivity contribution in [2.24, 2.45) is 5.73 Å². The number of hydrogen-bond acceptors (Lipinski definition) is 3. The highest BCUT2D eigenvalue weighted by atomic mass is 35.5. The fourth-order valence-electron chi connectivity index (χ4n) is 2.60. The van der Waals surface area contributed by atoms with Gasteiger partial charge in [0.15, 0.2) is 0 Å². The maximum absolute atomic E-state index is 10.9. The van der Waals surface area contributed by atoms with Gasteiger partial charge in [0, 0.05) is 10.6 Å². The molecule has 3 N–H and O–H groups in total. The molecule has 3 nitrogen and oxygen atoms in total. The fourth-order valence-corrected chi connectivity index (χ4v) is 3.96. The van der Waals surface area contributed by atoms with Gasteiger partial charge >= 0.3 is 0 Å². The minimum Gasteiger partial charge on any atom is -0.378 e. The largest absolute Gasteiger partial charge is 0.378 e. The van der Waals surface area contributed by atoms with Crippen LogP contribution in [0.4, 0.5) is 5.69 Å². The Bertz CT molecular complexity index is 636. The van der Waals surface area contributed by atoms with Crippen LogP contribution >= 0.6 is 22.9 Å². The first-order valence-corrected chi connectivity index (χ1v) is 7.73. The molecule has 0 bridgehead atoms. The van der Waals surface area contributed by atoms with E-state index in [2.05, 4.69) is 11.4 Å². The van der Waals surface area contributed by atoms with Gasteiger partial charge in [-0.05, 0) is 42.2 Å². The quantitative estimate of drug-likeness (QED) is 0.908. The summed E-state index contributed by atoms with van der Waals surface area (Å²) in [6.07, 6.45) is 2.47. The van der Waals surface area contributed by atoms with Crippen LogP contribution in [0.3, 0.4) is 0 Å². The van der Waals surface area contributed by atoms with Gasteiger partial charge in [0.05, 0.1) is 16.8 Å². The van der Waals surface area contributed by atoms with E-state index >= 15 is 0 Å². The molecule has 1 atom stereocenters. The summed E-state index contributed by atoms with van der Waals surface area (Å²) in [5, 5.41) is 3.52. The molecule has 1 heterocycles. The van der Waals surface area contributed by atoms with Gasteiger partial charge in [-0.2, -0.15) is 0 Å². The van der Waals surface area contributed by atoms with Gasteiger partial charge in [0.1, 0.15) is 0 Å². The number of primary amides is 1. The van der Waals surface area contributed by atoms with E-state index < -0.39 is 0 Å². The first kappa shape index (κ1) is 13.5. The van der Waals surface area contributed by atoms with E-state index in [0.717, 1.165) is 28.4 Å². The molecule has 0 radical (unpaired) electrons. The van der Waals surface area contributed by atoms with E-state index in [9.17, 15) is 4.79 Å². The fraction of sp³-hybridized carbons (Fsp3) is 0.267. The number of nitrogens with one attached hydrogen (secondary N) is 1. The third-order valence-corrected chi connectivity index (χ3v) is 4.86. The highest BCUT2D eigenvalue weighted by Crippen LogP contribution is 2.40. The molecule has 0 aliphatic heterocycles. The topological polar surface area (TPSA) is 55.1 Å². The van der Waals surface area contributed by atoms with Crippen LogP contribution in [0.5, 0.6) is 0 Å². The lowest BCUT2D eigenvalue weighted by molar-refractivity contribution is -0.117. The van der Waals surface area contributed by atoms with Crippen molar-refractivity contribution in [3.63, 3.8) is 0 Å². The van der Waals surface area contributed by atoms with Crippen molar-refractivity contribution in [3.8, 4) is 0 Å². The second kappa shape index (κ2) is 5.46. The summed E-state index contributed by atoms with van der Waals surface area (Å²) in [5.41, 5.74) is 8.50. The Morgan fingerprint density at radius 2 is 2.15 bits per heavy atom. The zero-order chi connectivity index (χ0) is 14.1. The Morgan fingerprint density at radius 3 is 2.85 bits per heavy atom. The first-order chi connectivity index (χ1) is 9.61. The van der Waals surface area contributed by atoms with E-state index in [-0.39, 0.29) is 12.3 Å². The van der Waals surface area contributed by atoms with E-state index in [4.69, 9.17) is 17.3 Å². The molecule has 1 amide bonds. The molecule has 1 unspecified atom stereocenters. The summed E-state index contributed by atoms with van der Waals surface area (Å²) in [4.78, 5) is 12.3. The Balaban J connectivity index is 1.71. The minimum atomic E-state index is -0.306. The molecule has 1 aromatic carbocycles. The van der Waals surface area contributed by atoms with Crippen LogP contribution in [0.1, 0.15) is 28.5 Å². The Labute approximate surface area is 126 Å². The Hall–Kier alpha value is -1.52. The number of hydrogen-bond donors (Lipinski definition) is 2. The number of thiophene rings is 1. The van der Waals surface area contributed by atoms with Crippen LogP contribution in [-0.2, 0) is 17.6 Å². The Kier molecular flexibility index (Phi) is 3.68. The predicted octanol–water partition coefficient (Wildman–Crippen LogP) is 3.53. The second-order valence-electron chi connectivity index (χ2n) is 5.00. The highest BCUT2D eigenvalue weighted by molar-refractivity contribution is 7.16. The van der Waals surface area contributed by atoms with Crippen LogP contribution in [0.2, 0.25) is 4.34 Å². The normalized spacial score (nSPS) is 16.9. The third-order valence-electron chi connectivity index (χ3n) is 3.52. The van der Waals surface area contributed by atoms with Gasteiger partial charge in [-0.25, -0.2) is 0 Å². The summed E-state index contributed by atoms with van der Waals surface area (Å²) in [5.74, 6) is -0.306. The molecule has 1 aliphatic carbocycles. The average molecular weight is 307 g/mol. The van der Waals surface area contributed by atoms with Gasteiger partial charge in [-0.3, -0.25) is 4.79 Å². The summed E-state index contributed by atoms with van der Waals surface area (Å²) < 4.78 is 0.860. The van der Waals surface area contributed by atoms with Crippen LogP contribution in [-0.4, -0.2) is 5.91 Å². The van der Waals surface area contributed by atoms with Crippen LogP contribution in [0.15, 0.2) is 30.3 Å². The molecule has 1 aliphatic rings. The van der Waals surface area contributed by atoms with Crippen molar-refractivity contribution in [2.45, 2.75) is 25.3 Å². The minimum absolute atomic E-state index is 0.286. The average Bonchev–Trinajstić information content (AvgIpc) is 2.92. The van der Waals surface area contributed by atoms with E-state index in [1.807, 2.05) is 24.3 Å². The van der Waals surface area contributed by atoms with Crippen molar-refractivity contribution < 1.29 is 4.79 Å². The smallest absolute Gasteiger partial charge is 0.221 e. The highest BCUT2D eigenvalue weighted by Gasteiger charge is 2.24. The van der Waals surface area contributed by atoms with Gasteiger partial charge in [0.2, 0.25) is 5.91 Å². The molecule has 2 aromatic rings. The number of carbonyl (C=O) groups is 1. The number of anilines is 1. The first-order valence-electron chi connectivity index (χ1n) is 6.54. The zero-order valence-electron chi connectivity index (χ0n) is 10.9. The number of carbonyl (C=O) groups excluding carboxylic acids is 1. The number of benzene rings is 1. The number of amides is 1. The second-order valence-corrected chi connectivity index (χ2v) is 6.77. The lowest BCUT2D eigenvalue weighted by Gasteiger charge is -2.14. The molecule has 0 fully saturated rings. The summed E-state index contributed by atoms with van der Waals surface area (Å²) in [6.45, 7) is 0. The van der Waals surface area contributed by atoms with E-state index in [0.29, 0.717) is 6.04 Å². The molecule has 20 heavy (non-hydrogen) atoms. The maximum atomic E-state index is 10.9. The molecule has 104 valence electrons. The van der Waals surface area contributed by atoms with Gasteiger partial charge in [-0.15, -0.1) is 11.3 Å². The zero-order valence-corrected chi connectivity index (χ0v) is 12.4. The number of halogens is 1. The molecule has 0 saturated carbocycles. The molecule has 0 saturated heterocycles. The molecule has 5 heteroatoms. The van der Waals surface area contributed by atoms with Gasteiger partial charge in [-0.1, -0.05) is 23.7 Å². The molecular formula is C15H15ClN2OS. The third kappa shape index (κ3) is 2.81. The van der Waals surface area contributed by atoms with Crippen molar-refractivity contribution in [1.82, 2.24) is 0 Å². The van der Waals surface area contributed by atoms with Crippen LogP contribution in [0.25, 0.3) is 0 Å². The van der Waals surface area contributed by atoms with Gasteiger partial charge in [0.25, 0.3) is 0 Å². The van der Waals surface area contributed by atoms with Crippen molar-refractivity contribution in [2.75, 3.05) is 5.32 Å². The van der Waals surface area contributed by atoms with Crippen LogP contribution in [0, 0.1) is 0 Å². The lowest BCUT2D eigenvalue weighted by Crippen LogP contribution is -2.13. The van der Waals surface area contributed by atoms with E-state index in [1.54, 1.807) is 11.3 Å². The van der Waals surface area contributed by atoms with Gasteiger partial charge < -0.3 is 11.1 Å². The molecule has 3 rings (SSSR count). The SMILES string of the molecule is NC(=O)Cc1ccc(NC2CCc3sc(Cl)cc32)cc1. The summed E-state index contributed by atoms with van der Waals surface area (Å²) >= 11 is 7.74. The number of nitrogens with two attached hydrogens (primary N) is 1. The molecular weight excluding hydrogens is 292 g/mol. The van der Waals surface area contributed by atoms with Crippen LogP contribution < -0.4 is 11.1 Å². The molecule has 0 spiro atoms. The number of rotatable bonds is 4.